The Hall–Kier alpha value is -2.36. The van der Waals surface area contributed by atoms with E-state index in [2.05, 4.69) is 9.72 Å². The summed E-state index contributed by atoms with van der Waals surface area (Å²) in [6.45, 7) is 2.34. The predicted molar refractivity (Wildman–Crippen MR) is 87.3 cm³/mol. The van der Waals surface area contributed by atoms with Crippen LogP contribution in [0.25, 0.3) is 0 Å². The minimum absolute atomic E-state index is 0.0213. The summed E-state index contributed by atoms with van der Waals surface area (Å²) >= 11 is 1.57. The van der Waals surface area contributed by atoms with E-state index >= 15 is 0 Å². The van der Waals surface area contributed by atoms with Crippen molar-refractivity contribution >= 4 is 35.2 Å². The van der Waals surface area contributed by atoms with Crippen LogP contribution in [0, 0.1) is 10.1 Å². The molecule has 1 aromatic rings. The summed E-state index contributed by atoms with van der Waals surface area (Å²) in [5.74, 6) is 0.0429. The van der Waals surface area contributed by atoms with E-state index in [0.29, 0.717) is 18.1 Å². The van der Waals surface area contributed by atoms with Gasteiger partial charge in [-0.3, -0.25) is 10.1 Å². The molecule has 10 heteroatoms. The highest BCUT2D eigenvalue weighted by molar-refractivity contribution is 7.99. The molecule has 9 nitrogen and oxygen atoms in total. The van der Waals surface area contributed by atoms with Gasteiger partial charge in [0.05, 0.1) is 24.2 Å². The Morgan fingerprint density at radius 3 is 2.92 bits per heavy atom. The highest BCUT2D eigenvalue weighted by Crippen LogP contribution is 2.31. The number of hydrogen-bond donors (Lipinski definition) is 0. The van der Waals surface area contributed by atoms with Gasteiger partial charge in [-0.1, -0.05) is 0 Å². The first-order valence-corrected chi connectivity index (χ1v) is 8.38. The number of nitrogens with zero attached hydrogens (tertiary/aromatic N) is 3. The summed E-state index contributed by atoms with van der Waals surface area (Å²) in [5.41, 5.74) is -0.369. The minimum Gasteiger partial charge on any atom is -0.465 e. The largest absolute Gasteiger partial charge is 0.465 e. The molecular weight excluding hydrogens is 338 g/mol. The zero-order valence-corrected chi connectivity index (χ0v) is 14.1. The molecule has 1 aliphatic heterocycles. The Balaban J connectivity index is 2.42. The summed E-state index contributed by atoms with van der Waals surface area (Å²) in [6, 6.07) is 0.455. The van der Waals surface area contributed by atoms with Crippen LogP contribution in [0.3, 0.4) is 0 Å². The van der Waals surface area contributed by atoms with Crippen molar-refractivity contribution in [2.75, 3.05) is 36.7 Å². The normalized spacial score (nSPS) is 17.2. The number of anilines is 1. The third-order valence-electron chi connectivity index (χ3n) is 3.42. The molecular formula is C14H17N3O6S. The Kier molecular flexibility index (Phi) is 5.96. The number of ether oxygens (including phenoxy) is 2. The number of carbonyl (C=O) groups is 2. The summed E-state index contributed by atoms with van der Waals surface area (Å²) < 4.78 is 9.60. The number of hydrogen-bond acceptors (Lipinski definition) is 9. The third kappa shape index (κ3) is 3.75. The van der Waals surface area contributed by atoms with E-state index in [9.17, 15) is 19.7 Å². The van der Waals surface area contributed by atoms with Crippen LogP contribution in [0.15, 0.2) is 12.3 Å². The number of pyridine rings is 1. The maximum atomic E-state index is 12.1. The van der Waals surface area contributed by atoms with E-state index in [0.717, 1.165) is 6.07 Å². The fourth-order valence-corrected chi connectivity index (χ4v) is 3.35. The Morgan fingerprint density at radius 2 is 2.29 bits per heavy atom. The second kappa shape index (κ2) is 7.95. The lowest BCUT2D eigenvalue weighted by atomic mass is 10.2. The van der Waals surface area contributed by atoms with E-state index in [1.165, 1.54) is 13.3 Å². The average molecular weight is 355 g/mol. The third-order valence-corrected chi connectivity index (χ3v) is 4.45. The highest BCUT2D eigenvalue weighted by Gasteiger charge is 2.35. The fourth-order valence-electron chi connectivity index (χ4n) is 2.32. The molecule has 1 aromatic heterocycles. The first kappa shape index (κ1) is 18.0. The molecule has 1 saturated heterocycles. The zero-order chi connectivity index (χ0) is 17.7. The molecule has 0 N–H and O–H groups in total. The van der Waals surface area contributed by atoms with Gasteiger partial charge >= 0.3 is 17.6 Å². The topological polar surface area (TPSA) is 112 Å². The number of thioether (sulfide) groups is 1. The molecule has 1 fully saturated rings. The van der Waals surface area contributed by atoms with E-state index in [1.54, 1.807) is 23.6 Å². The van der Waals surface area contributed by atoms with Crippen LogP contribution in [-0.2, 0) is 14.3 Å². The molecule has 1 atom stereocenters. The van der Waals surface area contributed by atoms with Gasteiger partial charge < -0.3 is 14.4 Å². The number of nitro groups is 1. The lowest BCUT2D eigenvalue weighted by Crippen LogP contribution is -2.48. The number of methoxy groups -OCH3 is 1. The quantitative estimate of drug-likeness (QED) is 0.437. The molecule has 1 unspecified atom stereocenters. The molecule has 0 saturated carbocycles. The van der Waals surface area contributed by atoms with Crippen LogP contribution in [0.2, 0.25) is 0 Å². The van der Waals surface area contributed by atoms with Gasteiger partial charge in [-0.25, -0.2) is 14.6 Å². The van der Waals surface area contributed by atoms with Gasteiger partial charge in [-0.2, -0.15) is 11.8 Å². The monoisotopic (exact) mass is 355 g/mol. The summed E-state index contributed by atoms with van der Waals surface area (Å²) in [6.07, 6.45) is 1.21. The van der Waals surface area contributed by atoms with Crippen LogP contribution < -0.4 is 4.90 Å². The lowest BCUT2D eigenvalue weighted by molar-refractivity contribution is -0.384. The zero-order valence-electron chi connectivity index (χ0n) is 13.3. The maximum Gasteiger partial charge on any atom is 0.339 e. The van der Waals surface area contributed by atoms with Crippen LogP contribution >= 0.6 is 11.8 Å². The summed E-state index contributed by atoms with van der Waals surface area (Å²) in [7, 11) is 1.18. The Labute approximate surface area is 142 Å². The minimum atomic E-state index is -0.715. The lowest BCUT2D eigenvalue weighted by Gasteiger charge is -2.34. The Morgan fingerprint density at radius 1 is 1.54 bits per heavy atom. The number of rotatable bonds is 5. The van der Waals surface area contributed by atoms with Gasteiger partial charge in [-0.15, -0.1) is 0 Å². The average Bonchev–Trinajstić information content (AvgIpc) is 2.60. The molecule has 2 heterocycles. The van der Waals surface area contributed by atoms with Gasteiger partial charge in [0.2, 0.25) is 5.82 Å². The molecule has 0 aromatic carbocycles. The summed E-state index contributed by atoms with van der Waals surface area (Å²) in [5, 5.41) is 11.4. The van der Waals surface area contributed by atoms with Crippen molar-refractivity contribution in [2.45, 2.75) is 13.0 Å². The van der Waals surface area contributed by atoms with Crippen LogP contribution in [0.4, 0.5) is 11.5 Å². The molecule has 0 aliphatic carbocycles. The molecule has 0 spiro atoms. The van der Waals surface area contributed by atoms with Crippen molar-refractivity contribution in [1.29, 1.82) is 0 Å². The van der Waals surface area contributed by atoms with Crippen molar-refractivity contribution < 1.29 is 24.0 Å². The number of carbonyl (C=O) groups excluding carboxylic acids is 2. The molecule has 2 rings (SSSR count). The van der Waals surface area contributed by atoms with Crippen LogP contribution in [0.1, 0.15) is 17.3 Å². The van der Waals surface area contributed by atoms with E-state index in [-0.39, 0.29) is 23.7 Å². The van der Waals surface area contributed by atoms with Crippen LogP contribution in [0.5, 0.6) is 0 Å². The molecule has 130 valence electrons. The molecule has 0 radical (unpaired) electrons. The molecule has 0 amide bonds. The van der Waals surface area contributed by atoms with E-state index in [4.69, 9.17) is 4.74 Å². The summed E-state index contributed by atoms with van der Waals surface area (Å²) in [4.78, 5) is 40.1. The van der Waals surface area contributed by atoms with Gasteiger partial charge in [0.25, 0.3) is 0 Å². The van der Waals surface area contributed by atoms with Crippen LogP contribution in [-0.4, -0.2) is 59.7 Å². The van der Waals surface area contributed by atoms with Gasteiger partial charge in [0.1, 0.15) is 6.04 Å². The standard InChI is InChI=1S/C14H17N3O6S/c1-3-23-14(19)11-8-24-5-4-16(11)12-10(17(20)21)6-9(7-15-12)13(18)22-2/h6-7,11H,3-5,8H2,1-2H3. The first-order valence-electron chi connectivity index (χ1n) is 7.23. The van der Waals surface area contributed by atoms with E-state index in [1.807, 2.05) is 0 Å². The number of aromatic nitrogens is 1. The van der Waals surface area contributed by atoms with Crippen molar-refractivity contribution in [3.05, 3.63) is 27.9 Å². The van der Waals surface area contributed by atoms with Crippen molar-refractivity contribution in [3.63, 3.8) is 0 Å². The van der Waals surface area contributed by atoms with Crippen molar-refractivity contribution in [2.24, 2.45) is 0 Å². The van der Waals surface area contributed by atoms with Crippen molar-refractivity contribution in [3.8, 4) is 0 Å². The smallest absolute Gasteiger partial charge is 0.339 e. The number of esters is 2. The predicted octanol–water partition coefficient (Wildman–Crippen LogP) is 1.26. The highest BCUT2D eigenvalue weighted by atomic mass is 32.2. The second-order valence-corrected chi connectivity index (χ2v) is 6.00. The van der Waals surface area contributed by atoms with Crippen molar-refractivity contribution in [1.82, 2.24) is 4.98 Å². The molecule has 0 bridgehead atoms. The maximum absolute atomic E-state index is 12.1. The van der Waals surface area contributed by atoms with Gasteiger partial charge in [0, 0.05) is 30.3 Å². The SMILES string of the molecule is CCOC(=O)C1CSCCN1c1ncc(C(=O)OC)cc1[N+](=O)[O-]. The van der Waals surface area contributed by atoms with Gasteiger partial charge in [-0.05, 0) is 6.92 Å². The molecule has 1 aliphatic rings. The Bertz CT molecular complexity index is 653. The molecule has 24 heavy (non-hydrogen) atoms. The fraction of sp³-hybridized carbons (Fsp3) is 0.500. The van der Waals surface area contributed by atoms with Gasteiger partial charge in [0.15, 0.2) is 0 Å². The second-order valence-electron chi connectivity index (χ2n) is 4.85. The first-order chi connectivity index (χ1) is 11.5. The van der Waals surface area contributed by atoms with E-state index < -0.39 is 22.9 Å².